The molecule has 0 spiro atoms. The topological polar surface area (TPSA) is 58.4 Å². The fraction of sp³-hybridized carbons (Fsp3) is 0.214. The maximum atomic E-state index is 12.5. The summed E-state index contributed by atoms with van der Waals surface area (Å²) in [4.78, 5) is 19.3. The molecule has 4 aromatic rings. The van der Waals surface area contributed by atoms with Crippen LogP contribution >= 0.6 is 0 Å². The van der Waals surface area contributed by atoms with Crippen LogP contribution in [0.1, 0.15) is 44.2 Å². The summed E-state index contributed by atoms with van der Waals surface area (Å²) in [7, 11) is 0. The zero-order valence-corrected chi connectivity index (χ0v) is 19.1. The lowest BCUT2D eigenvalue weighted by atomic mass is 10.0. The van der Waals surface area contributed by atoms with E-state index in [4.69, 9.17) is 4.42 Å². The predicted octanol–water partition coefficient (Wildman–Crippen LogP) is 5.42. The second-order valence-electron chi connectivity index (χ2n) is 8.36. The van der Waals surface area contributed by atoms with Crippen molar-refractivity contribution in [2.45, 2.75) is 40.0 Å². The van der Waals surface area contributed by atoms with E-state index in [9.17, 15) is 4.79 Å². The molecule has 0 aliphatic rings. The third-order valence-electron chi connectivity index (χ3n) is 5.58. The molecule has 0 aliphatic heterocycles. The number of hydrogen-bond donors (Lipinski definition) is 1. The molecule has 0 saturated carbocycles. The summed E-state index contributed by atoms with van der Waals surface area (Å²) >= 11 is 0. The van der Waals surface area contributed by atoms with Crippen molar-refractivity contribution >= 4 is 5.91 Å². The molecular weight excluding hydrogens is 410 g/mol. The van der Waals surface area contributed by atoms with Gasteiger partial charge in [0, 0.05) is 19.6 Å². The molecule has 0 unspecified atom stereocenters. The van der Waals surface area contributed by atoms with Gasteiger partial charge in [-0.3, -0.25) is 9.69 Å². The number of benzene rings is 3. The average Bonchev–Trinajstić information content (AvgIpc) is 3.29. The monoisotopic (exact) mass is 439 g/mol. The van der Waals surface area contributed by atoms with Crippen LogP contribution < -0.4 is 5.32 Å². The van der Waals surface area contributed by atoms with Crippen molar-refractivity contribution in [2.24, 2.45) is 0 Å². The smallest absolute Gasteiger partial charge is 0.273 e. The van der Waals surface area contributed by atoms with Crippen LogP contribution in [0.5, 0.6) is 0 Å². The zero-order valence-electron chi connectivity index (χ0n) is 19.1. The molecule has 1 heterocycles. The molecule has 1 N–H and O–H groups in total. The van der Waals surface area contributed by atoms with Gasteiger partial charge in [0.2, 0.25) is 5.89 Å². The molecule has 0 bridgehead atoms. The highest BCUT2D eigenvalue weighted by atomic mass is 16.3. The van der Waals surface area contributed by atoms with Gasteiger partial charge in [-0.2, -0.15) is 0 Å². The zero-order chi connectivity index (χ0) is 23.0. The lowest BCUT2D eigenvalue weighted by molar-refractivity contribution is 0.0945. The maximum Gasteiger partial charge on any atom is 0.273 e. The molecule has 3 aromatic carbocycles. The number of hydrogen-bond acceptors (Lipinski definition) is 4. The van der Waals surface area contributed by atoms with Crippen molar-refractivity contribution in [2.75, 3.05) is 0 Å². The van der Waals surface area contributed by atoms with E-state index < -0.39 is 0 Å². The number of carbonyl (C=O) groups is 1. The molecular formula is C28H29N3O2. The second-order valence-corrected chi connectivity index (χ2v) is 8.36. The van der Waals surface area contributed by atoms with Gasteiger partial charge in [-0.05, 0) is 36.1 Å². The van der Waals surface area contributed by atoms with Crippen LogP contribution in [0.4, 0.5) is 0 Å². The van der Waals surface area contributed by atoms with Gasteiger partial charge in [-0.1, -0.05) is 84.4 Å². The van der Waals surface area contributed by atoms with E-state index in [-0.39, 0.29) is 5.91 Å². The minimum atomic E-state index is -0.238. The van der Waals surface area contributed by atoms with E-state index in [0.29, 0.717) is 24.7 Å². The predicted molar refractivity (Wildman–Crippen MR) is 129 cm³/mol. The summed E-state index contributed by atoms with van der Waals surface area (Å²) in [6.45, 7) is 6.73. The number of carbonyl (C=O) groups excluding carboxylic acids is 1. The van der Waals surface area contributed by atoms with Crippen molar-refractivity contribution < 1.29 is 9.21 Å². The standard InChI is InChI=1S/C28H29N3O2/c1-21-13-14-25(22(2)15-21)18-31(17-24-11-7-4-8-12-24)19-27-30-26(20-33-27)28(32)29-16-23-9-5-3-6-10-23/h3-15,20H,16-19H2,1-2H3,(H,29,32). The Balaban J connectivity index is 1.45. The SMILES string of the molecule is Cc1ccc(CN(Cc2ccccc2)Cc2nc(C(=O)NCc3ccccc3)co2)c(C)c1. The van der Waals surface area contributed by atoms with Gasteiger partial charge in [0.25, 0.3) is 5.91 Å². The Hall–Kier alpha value is -3.70. The van der Waals surface area contributed by atoms with Gasteiger partial charge in [-0.15, -0.1) is 0 Å². The Morgan fingerprint density at radius 2 is 1.58 bits per heavy atom. The molecule has 0 saturated heterocycles. The van der Waals surface area contributed by atoms with Crippen LogP contribution in [0, 0.1) is 13.8 Å². The van der Waals surface area contributed by atoms with E-state index >= 15 is 0 Å². The van der Waals surface area contributed by atoms with Crippen LogP contribution in [-0.4, -0.2) is 15.8 Å². The van der Waals surface area contributed by atoms with E-state index in [1.165, 1.54) is 28.5 Å². The van der Waals surface area contributed by atoms with E-state index in [0.717, 1.165) is 18.7 Å². The molecule has 168 valence electrons. The Bertz CT molecular complexity index is 1190. The summed E-state index contributed by atoms with van der Waals surface area (Å²) in [6, 6.07) is 26.7. The van der Waals surface area contributed by atoms with Crippen LogP contribution in [-0.2, 0) is 26.2 Å². The number of nitrogens with zero attached hydrogens (tertiary/aromatic N) is 2. The van der Waals surface area contributed by atoms with Crippen LogP contribution in [0.25, 0.3) is 0 Å². The fourth-order valence-corrected chi connectivity index (χ4v) is 3.82. The molecule has 1 amide bonds. The van der Waals surface area contributed by atoms with Crippen LogP contribution in [0.2, 0.25) is 0 Å². The molecule has 5 nitrogen and oxygen atoms in total. The van der Waals surface area contributed by atoms with Crippen molar-refractivity contribution in [3.8, 4) is 0 Å². The fourth-order valence-electron chi connectivity index (χ4n) is 3.82. The number of amides is 1. The summed E-state index contributed by atoms with van der Waals surface area (Å²) in [5.41, 5.74) is 6.34. The molecule has 4 rings (SSSR count). The van der Waals surface area contributed by atoms with Gasteiger partial charge in [0.05, 0.1) is 6.54 Å². The Labute approximate surface area is 195 Å². The maximum absolute atomic E-state index is 12.5. The Morgan fingerprint density at radius 3 is 2.27 bits per heavy atom. The van der Waals surface area contributed by atoms with Crippen molar-refractivity contribution in [1.29, 1.82) is 0 Å². The van der Waals surface area contributed by atoms with E-state index in [1.54, 1.807) is 0 Å². The molecule has 0 radical (unpaired) electrons. The van der Waals surface area contributed by atoms with Crippen LogP contribution in [0.15, 0.2) is 89.5 Å². The summed E-state index contributed by atoms with van der Waals surface area (Å²) in [6.07, 6.45) is 1.44. The second kappa shape index (κ2) is 10.7. The van der Waals surface area contributed by atoms with E-state index in [1.807, 2.05) is 48.5 Å². The molecule has 0 aliphatic carbocycles. The molecule has 33 heavy (non-hydrogen) atoms. The molecule has 0 fully saturated rings. The Morgan fingerprint density at radius 1 is 0.879 bits per heavy atom. The lowest BCUT2D eigenvalue weighted by Crippen LogP contribution is -2.24. The lowest BCUT2D eigenvalue weighted by Gasteiger charge is -2.22. The largest absolute Gasteiger partial charge is 0.447 e. The van der Waals surface area contributed by atoms with Crippen molar-refractivity contribution in [1.82, 2.24) is 15.2 Å². The normalized spacial score (nSPS) is 11.0. The number of aryl methyl sites for hydroxylation is 2. The first kappa shape index (κ1) is 22.5. The molecule has 1 aromatic heterocycles. The number of aromatic nitrogens is 1. The summed E-state index contributed by atoms with van der Waals surface area (Å²) in [5, 5.41) is 2.90. The quantitative estimate of drug-likeness (QED) is 0.378. The summed E-state index contributed by atoms with van der Waals surface area (Å²) in [5.74, 6) is 0.290. The van der Waals surface area contributed by atoms with E-state index in [2.05, 4.69) is 59.4 Å². The minimum Gasteiger partial charge on any atom is -0.447 e. The third kappa shape index (κ3) is 6.40. The first-order chi connectivity index (χ1) is 16.1. The number of nitrogens with one attached hydrogen (secondary N) is 1. The van der Waals surface area contributed by atoms with Gasteiger partial charge in [0.1, 0.15) is 6.26 Å². The highest BCUT2D eigenvalue weighted by Gasteiger charge is 2.16. The van der Waals surface area contributed by atoms with Gasteiger partial charge in [-0.25, -0.2) is 4.98 Å². The van der Waals surface area contributed by atoms with Crippen LogP contribution in [0.3, 0.4) is 0 Å². The van der Waals surface area contributed by atoms with Gasteiger partial charge < -0.3 is 9.73 Å². The summed E-state index contributed by atoms with van der Waals surface area (Å²) < 4.78 is 5.68. The first-order valence-electron chi connectivity index (χ1n) is 11.2. The number of oxazole rings is 1. The highest BCUT2D eigenvalue weighted by molar-refractivity contribution is 5.91. The van der Waals surface area contributed by atoms with Gasteiger partial charge >= 0.3 is 0 Å². The molecule has 0 atom stereocenters. The first-order valence-corrected chi connectivity index (χ1v) is 11.2. The number of rotatable bonds is 9. The average molecular weight is 440 g/mol. The highest BCUT2D eigenvalue weighted by Crippen LogP contribution is 2.18. The minimum absolute atomic E-state index is 0.238. The van der Waals surface area contributed by atoms with Crippen molar-refractivity contribution in [3.63, 3.8) is 0 Å². The Kier molecular flexibility index (Phi) is 7.33. The van der Waals surface area contributed by atoms with Gasteiger partial charge in [0.15, 0.2) is 5.69 Å². The van der Waals surface area contributed by atoms with Crippen molar-refractivity contribution in [3.05, 3.63) is 125 Å². The molecule has 5 heteroatoms. The third-order valence-corrected chi connectivity index (χ3v) is 5.58.